The predicted octanol–water partition coefficient (Wildman–Crippen LogP) is 3.24. The number of hydrogen-bond acceptors (Lipinski definition) is 3. The van der Waals surface area contributed by atoms with Crippen molar-refractivity contribution in [2.24, 2.45) is 0 Å². The Balaban J connectivity index is 2.14. The van der Waals surface area contributed by atoms with Crippen LogP contribution in [-0.2, 0) is 9.53 Å². The lowest BCUT2D eigenvalue weighted by molar-refractivity contribution is -0.154. The number of ether oxygens (including phenoxy) is 2. The van der Waals surface area contributed by atoms with Gasteiger partial charge in [0.25, 0.3) is 0 Å². The molecule has 1 aliphatic rings. The van der Waals surface area contributed by atoms with E-state index in [2.05, 4.69) is 26.0 Å². The van der Waals surface area contributed by atoms with Gasteiger partial charge >= 0.3 is 0 Å². The molecule has 0 amide bonds. The highest BCUT2D eigenvalue weighted by molar-refractivity contribution is 5.90. The summed E-state index contributed by atoms with van der Waals surface area (Å²) in [4.78, 5) is 11.5. The number of ketones is 1. The molecule has 2 unspecified atom stereocenters. The molecule has 1 fully saturated rings. The summed E-state index contributed by atoms with van der Waals surface area (Å²) >= 11 is 0. The van der Waals surface area contributed by atoms with Crippen molar-refractivity contribution in [3.05, 3.63) is 29.3 Å². The van der Waals surface area contributed by atoms with Gasteiger partial charge < -0.3 is 9.47 Å². The molecule has 0 N–H and O–H groups in total. The van der Waals surface area contributed by atoms with E-state index in [1.54, 1.807) is 0 Å². The van der Waals surface area contributed by atoms with Crippen LogP contribution in [0.4, 0.5) is 0 Å². The first-order chi connectivity index (χ1) is 9.02. The lowest BCUT2D eigenvalue weighted by Gasteiger charge is -2.35. The molecule has 0 bridgehead atoms. The highest BCUT2D eigenvalue weighted by Gasteiger charge is 2.42. The van der Waals surface area contributed by atoms with Gasteiger partial charge in [-0.15, -0.1) is 0 Å². The van der Waals surface area contributed by atoms with Gasteiger partial charge in [-0.2, -0.15) is 0 Å². The van der Waals surface area contributed by atoms with Gasteiger partial charge in [-0.25, -0.2) is 0 Å². The van der Waals surface area contributed by atoms with Gasteiger partial charge in [0.15, 0.2) is 11.9 Å². The molecular weight excluding hydrogens is 240 g/mol. The number of carbonyl (C=O) groups is 1. The van der Waals surface area contributed by atoms with Crippen LogP contribution in [0, 0.1) is 6.92 Å². The minimum Gasteiger partial charge on any atom is -0.486 e. The van der Waals surface area contributed by atoms with Crippen LogP contribution in [0.25, 0.3) is 0 Å². The van der Waals surface area contributed by atoms with Gasteiger partial charge in [0, 0.05) is 13.0 Å². The van der Waals surface area contributed by atoms with Crippen LogP contribution >= 0.6 is 0 Å². The number of benzene rings is 1. The Hall–Kier alpha value is -1.35. The van der Waals surface area contributed by atoms with Crippen LogP contribution in [-0.4, -0.2) is 24.6 Å². The van der Waals surface area contributed by atoms with Crippen molar-refractivity contribution in [1.29, 1.82) is 0 Å². The van der Waals surface area contributed by atoms with E-state index in [4.69, 9.17) is 9.47 Å². The summed E-state index contributed by atoms with van der Waals surface area (Å²) in [6.07, 6.45) is -0.0619. The van der Waals surface area contributed by atoms with Gasteiger partial charge in [-0.05, 0) is 37.0 Å². The van der Waals surface area contributed by atoms with Crippen LogP contribution in [0.3, 0.4) is 0 Å². The van der Waals surface area contributed by atoms with Gasteiger partial charge in [0.1, 0.15) is 11.9 Å². The van der Waals surface area contributed by atoms with Crippen molar-refractivity contribution in [2.75, 3.05) is 6.61 Å². The van der Waals surface area contributed by atoms with Gasteiger partial charge in [-0.3, -0.25) is 4.79 Å². The molecule has 1 aromatic rings. The SMILES string of the molecule is CCOC1C(=O)CC1Oc1cc(C)ccc1C(C)C. The molecule has 1 aromatic carbocycles. The molecular formula is C16H22O3. The van der Waals surface area contributed by atoms with E-state index in [0.29, 0.717) is 18.9 Å². The highest BCUT2D eigenvalue weighted by atomic mass is 16.5. The van der Waals surface area contributed by atoms with E-state index >= 15 is 0 Å². The second-order valence-corrected chi connectivity index (χ2v) is 5.40. The Bertz CT molecular complexity index is 465. The van der Waals surface area contributed by atoms with E-state index in [1.807, 2.05) is 19.9 Å². The third kappa shape index (κ3) is 2.98. The fraction of sp³-hybridized carbons (Fsp3) is 0.562. The molecule has 0 spiro atoms. The fourth-order valence-corrected chi connectivity index (χ4v) is 2.34. The maximum Gasteiger partial charge on any atom is 0.169 e. The standard InChI is InChI=1S/C16H22O3/c1-5-18-16-13(17)9-15(16)19-14-8-11(4)6-7-12(14)10(2)3/h6-8,10,15-16H,5,9H2,1-4H3. The summed E-state index contributed by atoms with van der Waals surface area (Å²) in [5, 5.41) is 0. The molecule has 0 aliphatic heterocycles. The lowest BCUT2D eigenvalue weighted by Crippen LogP contribution is -2.52. The summed E-state index contributed by atoms with van der Waals surface area (Å²) in [5.41, 5.74) is 2.35. The van der Waals surface area contributed by atoms with Gasteiger partial charge in [0.05, 0.1) is 0 Å². The molecule has 0 saturated heterocycles. The zero-order valence-corrected chi connectivity index (χ0v) is 12.1. The molecule has 0 heterocycles. The Morgan fingerprint density at radius 1 is 1.37 bits per heavy atom. The van der Waals surface area contributed by atoms with E-state index < -0.39 is 0 Å². The van der Waals surface area contributed by atoms with E-state index in [9.17, 15) is 4.79 Å². The summed E-state index contributed by atoms with van der Waals surface area (Å²) in [6, 6.07) is 6.24. The van der Waals surface area contributed by atoms with Crippen LogP contribution in [0.2, 0.25) is 0 Å². The summed E-state index contributed by atoms with van der Waals surface area (Å²) in [7, 11) is 0. The van der Waals surface area contributed by atoms with Crippen molar-refractivity contribution in [3.63, 3.8) is 0 Å². The van der Waals surface area contributed by atoms with E-state index in [-0.39, 0.29) is 18.0 Å². The quantitative estimate of drug-likeness (QED) is 0.817. The van der Waals surface area contributed by atoms with Crippen LogP contribution in [0.5, 0.6) is 5.75 Å². The number of hydrogen-bond donors (Lipinski definition) is 0. The molecule has 1 aliphatic carbocycles. The molecule has 3 nitrogen and oxygen atoms in total. The fourth-order valence-electron chi connectivity index (χ4n) is 2.34. The molecule has 0 radical (unpaired) electrons. The summed E-state index contributed by atoms with van der Waals surface area (Å²) < 4.78 is 11.4. The highest BCUT2D eigenvalue weighted by Crippen LogP contribution is 2.32. The third-order valence-corrected chi connectivity index (χ3v) is 3.47. The van der Waals surface area contributed by atoms with Crippen molar-refractivity contribution < 1.29 is 14.3 Å². The maximum absolute atomic E-state index is 11.5. The van der Waals surface area contributed by atoms with Crippen molar-refractivity contribution in [3.8, 4) is 5.75 Å². The number of carbonyl (C=O) groups excluding carboxylic acids is 1. The molecule has 2 rings (SSSR count). The van der Waals surface area contributed by atoms with Crippen molar-refractivity contribution >= 4 is 5.78 Å². The van der Waals surface area contributed by atoms with Crippen molar-refractivity contribution in [1.82, 2.24) is 0 Å². The Morgan fingerprint density at radius 2 is 2.11 bits per heavy atom. The van der Waals surface area contributed by atoms with Crippen LogP contribution in [0.15, 0.2) is 18.2 Å². The van der Waals surface area contributed by atoms with E-state index in [0.717, 1.165) is 11.3 Å². The zero-order valence-electron chi connectivity index (χ0n) is 12.1. The van der Waals surface area contributed by atoms with Gasteiger partial charge in [-0.1, -0.05) is 26.0 Å². The zero-order chi connectivity index (χ0) is 14.0. The molecule has 19 heavy (non-hydrogen) atoms. The van der Waals surface area contributed by atoms with Crippen LogP contribution in [0.1, 0.15) is 44.2 Å². The number of Topliss-reactive ketones (excluding diaryl/α,β-unsaturated/α-hetero) is 1. The second-order valence-electron chi connectivity index (χ2n) is 5.40. The van der Waals surface area contributed by atoms with E-state index in [1.165, 1.54) is 5.56 Å². The molecule has 1 saturated carbocycles. The monoisotopic (exact) mass is 262 g/mol. The predicted molar refractivity (Wildman–Crippen MR) is 74.7 cm³/mol. The third-order valence-electron chi connectivity index (χ3n) is 3.47. The van der Waals surface area contributed by atoms with Crippen molar-refractivity contribution in [2.45, 2.75) is 52.2 Å². The molecule has 2 atom stereocenters. The average Bonchev–Trinajstić information content (AvgIpc) is 2.35. The first-order valence-corrected chi connectivity index (χ1v) is 6.94. The minimum absolute atomic E-state index is 0.133. The lowest BCUT2D eigenvalue weighted by atomic mass is 9.89. The second kappa shape index (κ2) is 5.74. The topological polar surface area (TPSA) is 35.5 Å². The maximum atomic E-state index is 11.5. The normalized spacial score (nSPS) is 22.5. The Morgan fingerprint density at radius 3 is 2.68 bits per heavy atom. The largest absolute Gasteiger partial charge is 0.486 e. The molecule has 3 heteroatoms. The molecule has 0 aromatic heterocycles. The van der Waals surface area contributed by atoms with Gasteiger partial charge in [0.2, 0.25) is 0 Å². The average molecular weight is 262 g/mol. The Labute approximate surface area is 114 Å². The molecule has 104 valence electrons. The van der Waals surface area contributed by atoms with Crippen LogP contribution < -0.4 is 4.74 Å². The smallest absolute Gasteiger partial charge is 0.169 e. The first kappa shape index (κ1) is 14.1. The Kier molecular flexibility index (Phi) is 4.25. The number of rotatable bonds is 5. The first-order valence-electron chi connectivity index (χ1n) is 6.94. The summed E-state index contributed by atoms with van der Waals surface area (Å²) in [5.74, 6) is 1.43. The minimum atomic E-state index is -0.384. The number of aryl methyl sites for hydroxylation is 1. The summed E-state index contributed by atoms with van der Waals surface area (Å²) in [6.45, 7) is 8.77.